The first kappa shape index (κ1) is 16.1. The van der Waals surface area contributed by atoms with Crippen LogP contribution in [0.15, 0.2) is 94.9 Å². The summed E-state index contributed by atoms with van der Waals surface area (Å²) in [5, 5.41) is 8.74. The second kappa shape index (κ2) is 6.93. The van der Waals surface area contributed by atoms with Crippen LogP contribution in [0, 0.1) is 0 Å². The van der Waals surface area contributed by atoms with Crippen LogP contribution in [0.5, 0.6) is 0 Å². The predicted molar refractivity (Wildman–Crippen MR) is 108 cm³/mol. The number of para-hydroxylation sites is 2. The summed E-state index contributed by atoms with van der Waals surface area (Å²) in [4.78, 5) is 4.87. The van der Waals surface area contributed by atoms with Gasteiger partial charge in [-0.1, -0.05) is 71.6 Å². The van der Waals surface area contributed by atoms with Crippen molar-refractivity contribution in [3.8, 4) is 0 Å². The molecule has 0 spiro atoms. The summed E-state index contributed by atoms with van der Waals surface area (Å²) in [6.45, 7) is 1.43. The van der Waals surface area contributed by atoms with Gasteiger partial charge in [0.25, 0.3) is 0 Å². The Hall–Kier alpha value is -3.05. The topological polar surface area (TPSA) is 34.0 Å². The van der Waals surface area contributed by atoms with Crippen molar-refractivity contribution in [1.82, 2.24) is 15.0 Å². The number of benzene rings is 3. The van der Waals surface area contributed by atoms with E-state index in [1.807, 2.05) is 40.8 Å². The average Bonchev–Trinajstić information content (AvgIpc) is 3.15. The quantitative estimate of drug-likeness (QED) is 0.499. The van der Waals surface area contributed by atoms with Gasteiger partial charge in [0.05, 0.1) is 30.7 Å². The zero-order chi connectivity index (χ0) is 18.1. The molecule has 1 aromatic heterocycles. The first-order chi connectivity index (χ1) is 13.4. The maximum absolute atomic E-state index is 4.42. The molecule has 0 saturated heterocycles. The molecule has 5 rings (SSSR count). The highest BCUT2D eigenvalue weighted by molar-refractivity contribution is 7.99. The van der Waals surface area contributed by atoms with E-state index in [1.165, 1.54) is 26.7 Å². The Kier molecular flexibility index (Phi) is 4.14. The second-order valence-electron chi connectivity index (χ2n) is 6.52. The largest absolute Gasteiger partial charge is 0.333 e. The van der Waals surface area contributed by atoms with Gasteiger partial charge in [-0.15, -0.1) is 5.10 Å². The zero-order valence-electron chi connectivity index (χ0n) is 14.7. The summed E-state index contributed by atoms with van der Waals surface area (Å²) in [5.41, 5.74) is 4.62. The van der Waals surface area contributed by atoms with E-state index in [0.717, 1.165) is 12.2 Å². The Bertz CT molecular complexity index is 1030. The molecule has 0 radical (unpaired) electrons. The molecular weight excluding hydrogens is 352 g/mol. The Morgan fingerprint density at radius 3 is 2.04 bits per heavy atom. The minimum Gasteiger partial charge on any atom is -0.333 e. The molecule has 0 atom stereocenters. The normalized spacial score (nSPS) is 12.5. The number of nitrogens with zero attached hydrogens (tertiary/aromatic N) is 4. The van der Waals surface area contributed by atoms with Crippen LogP contribution in [0.3, 0.4) is 0 Å². The molecule has 0 fully saturated rings. The van der Waals surface area contributed by atoms with Crippen LogP contribution in [-0.4, -0.2) is 15.0 Å². The number of fused-ring (bicyclic) bond motifs is 2. The number of hydrogen-bond donors (Lipinski definition) is 0. The minimum atomic E-state index is 0.698. The summed E-state index contributed by atoms with van der Waals surface area (Å²) in [6, 6.07) is 27.4. The lowest BCUT2D eigenvalue weighted by Gasteiger charge is -2.32. The predicted octanol–water partition coefficient (Wildman–Crippen LogP) is 5.13. The fourth-order valence-corrected chi connectivity index (χ4v) is 4.47. The van der Waals surface area contributed by atoms with Crippen LogP contribution in [0.4, 0.5) is 11.4 Å². The molecule has 0 unspecified atom stereocenters. The lowest BCUT2D eigenvalue weighted by atomic mass is 10.2. The molecular formula is C22H18N4S. The molecule has 132 valence electrons. The van der Waals surface area contributed by atoms with Crippen molar-refractivity contribution in [1.29, 1.82) is 0 Å². The maximum atomic E-state index is 4.42. The van der Waals surface area contributed by atoms with E-state index in [9.17, 15) is 0 Å². The van der Waals surface area contributed by atoms with Gasteiger partial charge in [-0.2, -0.15) is 0 Å². The van der Waals surface area contributed by atoms with Gasteiger partial charge in [-0.3, -0.25) is 0 Å². The highest BCUT2D eigenvalue weighted by Crippen LogP contribution is 2.48. The molecule has 4 nitrogen and oxygen atoms in total. The fourth-order valence-electron chi connectivity index (χ4n) is 3.37. The van der Waals surface area contributed by atoms with Gasteiger partial charge in [0.2, 0.25) is 0 Å². The Labute approximate surface area is 162 Å². The fraction of sp³-hybridized carbons (Fsp3) is 0.0909. The third kappa shape index (κ3) is 3.22. The van der Waals surface area contributed by atoms with E-state index in [0.29, 0.717) is 6.54 Å². The van der Waals surface area contributed by atoms with E-state index >= 15 is 0 Å². The summed E-state index contributed by atoms with van der Waals surface area (Å²) >= 11 is 1.82. The highest BCUT2D eigenvalue weighted by atomic mass is 32.2. The minimum absolute atomic E-state index is 0.698. The Morgan fingerprint density at radius 2 is 1.33 bits per heavy atom. The molecule has 3 aromatic carbocycles. The van der Waals surface area contributed by atoms with Crippen LogP contribution < -0.4 is 4.90 Å². The van der Waals surface area contributed by atoms with Gasteiger partial charge >= 0.3 is 0 Å². The summed E-state index contributed by atoms with van der Waals surface area (Å²) < 4.78 is 1.90. The molecule has 1 aliphatic heterocycles. The molecule has 5 heteroatoms. The summed E-state index contributed by atoms with van der Waals surface area (Å²) in [5.74, 6) is 0. The second-order valence-corrected chi connectivity index (χ2v) is 7.60. The molecule has 0 saturated carbocycles. The first-order valence-electron chi connectivity index (χ1n) is 8.93. The van der Waals surface area contributed by atoms with Crippen molar-refractivity contribution >= 4 is 23.1 Å². The molecule has 0 bridgehead atoms. The summed E-state index contributed by atoms with van der Waals surface area (Å²) in [6.07, 6.45) is 2.04. The van der Waals surface area contributed by atoms with E-state index < -0.39 is 0 Å². The zero-order valence-corrected chi connectivity index (χ0v) is 15.5. The first-order valence-corrected chi connectivity index (χ1v) is 9.75. The number of aromatic nitrogens is 3. The molecule has 0 amide bonds. The van der Waals surface area contributed by atoms with Crippen molar-refractivity contribution in [3.05, 3.63) is 96.3 Å². The standard InChI is InChI=1S/C22H18N4S/c1-2-8-17(9-3-1)14-25-15-18(23-24-25)16-26-19-10-4-6-12-21(19)27-22-13-7-5-11-20(22)26/h1-13,15H,14,16H2. The monoisotopic (exact) mass is 370 g/mol. The van der Waals surface area contributed by atoms with Crippen molar-refractivity contribution in [2.45, 2.75) is 22.9 Å². The van der Waals surface area contributed by atoms with E-state index in [1.54, 1.807) is 0 Å². The molecule has 2 heterocycles. The number of anilines is 2. The number of hydrogen-bond acceptors (Lipinski definition) is 4. The van der Waals surface area contributed by atoms with Crippen molar-refractivity contribution in [3.63, 3.8) is 0 Å². The van der Waals surface area contributed by atoms with Gasteiger partial charge in [0, 0.05) is 9.79 Å². The molecule has 27 heavy (non-hydrogen) atoms. The number of rotatable bonds is 4. The summed E-state index contributed by atoms with van der Waals surface area (Å²) in [7, 11) is 0. The lowest BCUT2D eigenvalue weighted by molar-refractivity contribution is 0.649. The third-order valence-corrected chi connectivity index (χ3v) is 5.76. The Balaban J connectivity index is 1.44. The van der Waals surface area contributed by atoms with Crippen LogP contribution in [-0.2, 0) is 13.1 Å². The molecule has 1 aliphatic rings. The van der Waals surface area contributed by atoms with Gasteiger partial charge in [-0.25, -0.2) is 4.68 Å². The maximum Gasteiger partial charge on any atom is 0.102 e. The van der Waals surface area contributed by atoms with Crippen LogP contribution in [0.1, 0.15) is 11.3 Å². The van der Waals surface area contributed by atoms with Gasteiger partial charge < -0.3 is 4.90 Å². The van der Waals surface area contributed by atoms with Crippen molar-refractivity contribution in [2.75, 3.05) is 4.90 Å². The Morgan fingerprint density at radius 1 is 0.704 bits per heavy atom. The van der Waals surface area contributed by atoms with Crippen molar-refractivity contribution in [2.24, 2.45) is 0 Å². The van der Waals surface area contributed by atoms with E-state index in [-0.39, 0.29) is 0 Å². The molecule has 4 aromatic rings. The SMILES string of the molecule is c1ccc(Cn2cc(CN3c4ccccc4Sc4ccccc43)nn2)cc1. The lowest BCUT2D eigenvalue weighted by Crippen LogP contribution is -2.20. The smallest absolute Gasteiger partial charge is 0.102 e. The molecule has 0 aliphatic carbocycles. The average molecular weight is 370 g/mol. The van der Waals surface area contributed by atoms with E-state index in [2.05, 4.69) is 75.9 Å². The van der Waals surface area contributed by atoms with E-state index in [4.69, 9.17) is 0 Å². The van der Waals surface area contributed by atoms with Gasteiger partial charge in [0.15, 0.2) is 0 Å². The van der Waals surface area contributed by atoms with Crippen LogP contribution in [0.25, 0.3) is 0 Å². The van der Waals surface area contributed by atoms with Gasteiger partial charge in [0.1, 0.15) is 5.69 Å². The van der Waals surface area contributed by atoms with Crippen LogP contribution >= 0.6 is 11.8 Å². The van der Waals surface area contributed by atoms with Crippen LogP contribution in [0.2, 0.25) is 0 Å². The highest BCUT2D eigenvalue weighted by Gasteiger charge is 2.23. The van der Waals surface area contributed by atoms with Crippen molar-refractivity contribution < 1.29 is 0 Å². The van der Waals surface area contributed by atoms with Gasteiger partial charge in [-0.05, 0) is 29.8 Å². The molecule has 0 N–H and O–H groups in total. The third-order valence-electron chi connectivity index (χ3n) is 4.63.